The van der Waals surface area contributed by atoms with Crippen LogP contribution in [-0.4, -0.2) is 72.7 Å². The molecule has 3 rings (SSSR count). The molecule has 0 spiro atoms. The Morgan fingerprint density at radius 2 is 2.23 bits per heavy atom. The van der Waals surface area contributed by atoms with Crippen LogP contribution in [0.2, 0.25) is 0 Å². The molecule has 2 aliphatic rings. The summed E-state index contributed by atoms with van der Waals surface area (Å²) >= 11 is 0. The molecular formula is C16H24N4O2. The summed E-state index contributed by atoms with van der Waals surface area (Å²) in [5.41, 5.74) is 2.35. The average Bonchev–Trinajstić information content (AvgIpc) is 2.58. The van der Waals surface area contributed by atoms with Crippen molar-refractivity contribution in [2.24, 2.45) is 0 Å². The minimum absolute atomic E-state index is 0.126. The van der Waals surface area contributed by atoms with E-state index < -0.39 is 0 Å². The molecule has 1 N–H and O–H groups in total. The zero-order chi connectivity index (χ0) is 15.4. The largest absolute Gasteiger partial charge is 0.366 e. The Labute approximate surface area is 131 Å². The number of carbonyl (C=O) groups is 1. The number of piperazine rings is 1. The van der Waals surface area contributed by atoms with E-state index in [1.54, 1.807) is 0 Å². The van der Waals surface area contributed by atoms with Gasteiger partial charge in [-0.1, -0.05) is 6.07 Å². The summed E-state index contributed by atoms with van der Waals surface area (Å²) in [6.07, 6.45) is 1.54. The number of ether oxygens (including phenoxy) is 1. The second-order valence-electron chi connectivity index (χ2n) is 5.93. The van der Waals surface area contributed by atoms with E-state index in [1.807, 2.05) is 17.2 Å². The first-order valence-corrected chi connectivity index (χ1v) is 7.98. The fourth-order valence-electron chi connectivity index (χ4n) is 2.95. The molecule has 0 radical (unpaired) electrons. The molecule has 1 atom stereocenters. The van der Waals surface area contributed by atoms with Crippen LogP contribution >= 0.6 is 0 Å². The van der Waals surface area contributed by atoms with E-state index in [2.05, 4.69) is 28.2 Å². The van der Waals surface area contributed by atoms with Crippen molar-refractivity contribution >= 4 is 5.91 Å². The Morgan fingerprint density at radius 3 is 2.91 bits per heavy atom. The summed E-state index contributed by atoms with van der Waals surface area (Å²) in [6.45, 7) is 8.35. The molecule has 6 heteroatoms. The molecule has 2 saturated heterocycles. The summed E-state index contributed by atoms with van der Waals surface area (Å²) in [5, 5.41) is 3.21. The van der Waals surface area contributed by atoms with Gasteiger partial charge in [0.05, 0.1) is 12.3 Å². The molecule has 6 nitrogen and oxygen atoms in total. The van der Waals surface area contributed by atoms with Crippen LogP contribution in [0.1, 0.15) is 11.3 Å². The first kappa shape index (κ1) is 15.4. The van der Waals surface area contributed by atoms with E-state index in [9.17, 15) is 4.79 Å². The fraction of sp³-hybridized carbons (Fsp3) is 0.625. The highest BCUT2D eigenvalue weighted by Gasteiger charge is 2.29. The third-order valence-corrected chi connectivity index (χ3v) is 4.38. The number of nitrogens with zero attached hydrogens (tertiary/aromatic N) is 3. The summed E-state index contributed by atoms with van der Waals surface area (Å²) in [5.74, 6) is 0.126. The summed E-state index contributed by atoms with van der Waals surface area (Å²) < 4.78 is 5.55. The maximum atomic E-state index is 12.4. The van der Waals surface area contributed by atoms with Crippen LogP contribution in [0.3, 0.4) is 0 Å². The lowest BCUT2D eigenvalue weighted by Crippen LogP contribution is -2.55. The highest BCUT2D eigenvalue weighted by atomic mass is 16.5. The highest BCUT2D eigenvalue weighted by Crippen LogP contribution is 2.12. The monoisotopic (exact) mass is 304 g/mol. The zero-order valence-corrected chi connectivity index (χ0v) is 13.1. The van der Waals surface area contributed by atoms with Crippen molar-refractivity contribution in [1.82, 2.24) is 20.1 Å². The number of carbonyl (C=O) groups excluding carboxylic acids is 1. The summed E-state index contributed by atoms with van der Waals surface area (Å²) in [7, 11) is 0. The van der Waals surface area contributed by atoms with Crippen LogP contribution in [-0.2, 0) is 16.1 Å². The molecule has 1 amide bonds. The third kappa shape index (κ3) is 3.63. The van der Waals surface area contributed by atoms with Gasteiger partial charge in [0.15, 0.2) is 0 Å². The highest BCUT2D eigenvalue weighted by molar-refractivity contribution is 5.81. The van der Waals surface area contributed by atoms with Crippen LogP contribution < -0.4 is 5.32 Å². The van der Waals surface area contributed by atoms with Crippen molar-refractivity contribution in [3.05, 3.63) is 29.6 Å². The summed E-state index contributed by atoms with van der Waals surface area (Å²) in [4.78, 5) is 21.1. The van der Waals surface area contributed by atoms with Gasteiger partial charge in [0.25, 0.3) is 5.91 Å². The predicted molar refractivity (Wildman–Crippen MR) is 83.4 cm³/mol. The molecule has 1 aromatic heterocycles. The van der Waals surface area contributed by atoms with Gasteiger partial charge in [-0.3, -0.25) is 14.7 Å². The number of hydrogen-bond acceptors (Lipinski definition) is 5. The molecule has 0 unspecified atom stereocenters. The van der Waals surface area contributed by atoms with E-state index in [-0.39, 0.29) is 12.0 Å². The maximum Gasteiger partial charge on any atom is 0.253 e. The second-order valence-corrected chi connectivity index (χ2v) is 5.93. The van der Waals surface area contributed by atoms with E-state index in [0.29, 0.717) is 13.2 Å². The first-order chi connectivity index (χ1) is 10.7. The zero-order valence-electron chi connectivity index (χ0n) is 13.1. The molecule has 120 valence electrons. The lowest BCUT2D eigenvalue weighted by atomic mass is 10.2. The van der Waals surface area contributed by atoms with Gasteiger partial charge in [-0.2, -0.15) is 0 Å². The van der Waals surface area contributed by atoms with Gasteiger partial charge in [0.1, 0.15) is 6.10 Å². The van der Waals surface area contributed by atoms with Crippen molar-refractivity contribution in [2.75, 3.05) is 45.9 Å². The van der Waals surface area contributed by atoms with Gasteiger partial charge in [0, 0.05) is 52.0 Å². The smallest absolute Gasteiger partial charge is 0.253 e. The Kier molecular flexibility index (Phi) is 5.02. The number of rotatable bonds is 3. The predicted octanol–water partition coefficient (Wildman–Crippen LogP) is 0.0226. The van der Waals surface area contributed by atoms with Crippen LogP contribution in [0.15, 0.2) is 18.3 Å². The minimum atomic E-state index is -0.307. The standard InChI is InChI=1S/C16H24N4O2/c1-13-3-2-4-18-14(13)12-19-6-8-20(9-7-19)16(21)15-11-17-5-10-22-15/h2-4,15,17H,5-12H2,1H3/t15-/m1/s1. The fourth-order valence-corrected chi connectivity index (χ4v) is 2.95. The lowest BCUT2D eigenvalue weighted by Gasteiger charge is -2.37. The van der Waals surface area contributed by atoms with Crippen molar-refractivity contribution in [3.8, 4) is 0 Å². The van der Waals surface area contributed by atoms with Gasteiger partial charge in [-0.25, -0.2) is 0 Å². The Balaban J connectivity index is 1.50. The third-order valence-electron chi connectivity index (χ3n) is 4.38. The molecule has 0 saturated carbocycles. The number of nitrogens with one attached hydrogen (secondary N) is 1. The molecule has 3 heterocycles. The van der Waals surface area contributed by atoms with Crippen LogP contribution in [0, 0.1) is 6.92 Å². The van der Waals surface area contributed by atoms with Crippen molar-refractivity contribution < 1.29 is 9.53 Å². The molecule has 2 fully saturated rings. The SMILES string of the molecule is Cc1cccnc1CN1CCN(C(=O)[C@H]2CNCCO2)CC1. The van der Waals surface area contributed by atoms with Crippen LogP contribution in [0.25, 0.3) is 0 Å². The normalized spacial score (nSPS) is 23.5. The molecule has 0 bridgehead atoms. The van der Waals surface area contributed by atoms with Crippen LogP contribution in [0.4, 0.5) is 0 Å². The van der Waals surface area contributed by atoms with Crippen molar-refractivity contribution in [1.29, 1.82) is 0 Å². The Bertz CT molecular complexity index is 509. The number of hydrogen-bond donors (Lipinski definition) is 1. The number of morpholine rings is 1. The van der Waals surface area contributed by atoms with Crippen LogP contribution in [0.5, 0.6) is 0 Å². The minimum Gasteiger partial charge on any atom is -0.366 e. The molecule has 2 aliphatic heterocycles. The first-order valence-electron chi connectivity index (χ1n) is 7.98. The number of aryl methyl sites for hydroxylation is 1. The van der Waals surface area contributed by atoms with Gasteiger partial charge in [-0.15, -0.1) is 0 Å². The van der Waals surface area contributed by atoms with Crippen molar-refractivity contribution in [3.63, 3.8) is 0 Å². The summed E-state index contributed by atoms with van der Waals surface area (Å²) in [6, 6.07) is 4.06. The Morgan fingerprint density at radius 1 is 1.41 bits per heavy atom. The molecule has 0 aliphatic carbocycles. The van der Waals surface area contributed by atoms with Gasteiger partial charge < -0.3 is 15.0 Å². The van der Waals surface area contributed by atoms with E-state index in [1.165, 1.54) is 5.56 Å². The molecular weight excluding hydrogens is 280 g/mol. The van der Waals surface area contributed by atoms with Gasteiger partial charge in [-0.05, 0) is 18.6 Å². The van der Waals surface area contributed by atoms with Crippen molar-refractivity contribution in [2.45, 2.75) is 19.6 Å². The number of amides is 1. The molecule has 1 aromatic rings. The Hall–Kier alpha value is -1.50. The average molecular weight is 304 g/mol. The van der Waals surface area contributed by atoms with E-state index >= 15 is 0 Å². The van der Waals surface area contributed by atoms with E-state index in [0.717, 1.165) is 45.0 Å². The molecule has 22 heavy (non-hydrogen) atoms. The maximum absolute atomic E-state index is 12.4. The van der Waals surface area contributed by atoms with Gasteiger partial charge in [0.2, 0.25) is 0 Å². The topological polar surface area (TPSA) is 57.7 Å². The second kappa shape index (κ2) is 7.17. The number of pyridine rings is 1. The number of aromatic nitrogens is 1. The molecule has 0 aromatic carbocycles. The quantitative estimate of drug-likeness (QED) is 0.853. The van der Waals surface area contributed by atoms with Gasteiger partial charge >= 0.3 is 0 Å². The lowest BCUT2D eigenvalue weighted by molar-refractivity contribution is -0.147. The van der Waals surface area contributed by atoms with E-state index in [4.69, 9.17) is 4.74 Å².